The Hall–Kier alpha value is -1.83. The van der Waals surface area contributed by atoms with Crippen molar-refractivity contribution in [3.05, 3.63) is 35.1 Å². The molecule has 0 aromatic heterocycles. The zero-order chi connectivity index (χ0) is 20.7. The Morgan fingerprint density at radius 1 is 1.29 bits per heavy atom. The average molecular weight is 402 g/mol. The third kappa shape index (κ3) is 4.59. The third-order valence-electron chi connectivity index (χ3n) is 5.26. The minimum atomic E-state index is -4.73. The summed E-state index contributed by atoms with van der Waals surface area (Å²) in [5.41, 5.74) is -1.98. The minimum absolute atomic E-state index is 0.0742. The normalized spacial score (nSPS) is 21.7. The molecule has 2 fully saturated rings. The molecule has 1 aliphatic heterocycles. The van der Waals surface area contributed by atoms with Crippen LogP contribution in [0, 0.1) is 5.82 Å². The van der Waals surface area contributed by atoms with Crippen LogP contribution in [0.4, 0.5) is 22.4 Å². The maximum absolute atomic E-state index is 13.6. The number of nitrogens with zero attached hydrogens (tertiary/aromatic N) is 1. The highest BCUT2D eigenvalue weighted by Crippen LogP contribution is 2.47. The van der Waals surface area contributed by atoms with Gasteiger partial charge >= 0.3 is 12.3 Å². The van der Waals surface area contributed by atoms with Crippen LogP contribution in [0.5, 0.6) is 0 Å². The Kier molecular flexibility index (Phi) is 5.38. The van der Waals surface area contributed by atoms with Crippen LogP contribution in [0.25, 0.3) is 0 Å². The van der Waals surface area contributed by atoms with Gasteiger partial charge in [0.05, 0.1) is 5.56 Å². The number of rotatable bonds is 4. The second kappa shape index (κ2) is 7.21. The molecule has 1 amide bonds. The summed E-state index contributed by atoms with van der Waals surface area (Å²) >= 11 is 0. The van der Waals surface area contributed by atoms with Gasteiger partial charge in [-0.05, 0) is 64.2 Å². The zero-order valence-electron chi connectivity index (χ0n) is 16.3. The molecular weight excluding hydrogens is 376 g/mol. The van der Waals surface area contributed by atoms with Gasteiger partial charge in [0.1, 0.15) is 11.4 Å². The van der Waals surface area contributed by atoms with Crippen molar-refractivity contribution in [2.75, 3.05) is 13.1 Å². The van der Waals surface area contributed by atoms with Crippen LogP contribution in [0.15, 0.2) is 18.2 Å². The summed E-state index contributed by atoms with van der Waals surface area (Å²) in [6, 6.07) is 3.11. The molecule has 1 aromatic rings. The van der Waals surface area contributed by atoms with E-state index in [1.54, 1.807) is 25.7 Å². The lowest BCUT2D eigenvalue weighted by Gasteiger charge is -2.30. The maximum Gasteiger partial charge on any atom is 0.419 e. The lowest BCUT2D eigenvalue weighted by atomic mass is 10.0. The van der Waals surface area contributed by atoms with E-state index in [1.807, 2.05) is 0 Å². The number of alkyl halides is 3. The fraction of sp³-hybridized carbons (Fsp3) is 0.650. The maximum atomic E-state index is 13.6. The molecule has 1 saturated carbocycles. The predicted octanol–water partition coefficient (Wildman–Crippen LogP) is 4.82. The van der Waals surface area contributed by atoms with Crippen molar-refractivity contribution in [2.45, 2.75) is 69.8 Å². The summed E-state index contributed by atoms with van der Waals surface area (Å²) in [6.07, 6.45) is -2.09. The number of ether oxygens (including phenoxy) is 1. The molecule has 0 bridgehead atoms. The van der Waals surface area contributed by atoms with E-state index in [2.05, 4.69) is 5.32 Å². The number of carbonyl (C=O) groups excluding carboxylic acids is 1. The van der Waals surface area contributed by atoms with E-state index >= 15 is 0 Å². The van der Waals surface area contributed by atoms with Gasteiger partial charge in [-0.15, -0.1) is 0 Å². The molecule has 8 heteroatoms. The second-order valence-electron chi connectivity index (χ2n) is 8.63. The van der Waals surface area contributed by atoms with E-state index in [-0.39, 0.29) is 12.1 Å². The van der Waals surface area contributed by atoms with Crippen molar-refractivity contribution in [1.82, 2.24) is 10.2 Å². The van der Waals surface area contributed by atoms with Crippen molar-refractivity contribution in [3.63, 3.8) is 0 Å². The Labute approximate surface area is 162 Å². The van der Waals surface area contributed by atoms with Crippen LogP contribution in [0.1, 0.15) is 57.6 Å². The quantitative estimate of drug-likeness (QED) is 0.734. The molecule has 1 heterocycles. The first-order valence-electron chi connectivity index (χ1n) is 9.53. The molecule has 156 valence electrons. The van der Waals surface area contributed by atoms with Gasteiger partial charge in [-0.1, -0.05) is 6.07 Å². The van der Waals surface area contributed by atoms with Gasteiger partial charge in [-0.2, -0.15) is 13.2 Å². The fourth-order valence-corrected chi connectivity index (χ4v) is 3.65. The zero-order valence-corrected chi connectivity index (χ0v) is 16.3. The van der Waals surface area contributed by atoms with Crippen LogP contribution in [0.2, 0.25) is 0 Å². The molecule has 3 rings (SSSR count). The topological polar surface area (TPSA) is 41.6 Å². The van der Waals surface area contributed by atoms with Crippen molar-refractivity contribution < 1.29 is 27.1 Å². The number of halogens is 4. The molecule has 4 nitrogen and oxygen atoms in total. The van der Waals surface area contributed by atoms with Crippen LogP contribution < -0.4 is 5.32 Å². The van der Waals surface area contributed by atoms with Gasteiger partial charge < -0.3 is 15.0 Å². The highest BCUT2D eigenvalue weighted by Gasteiger charge is 2.46. The number of benzene rings is 1. The molecule has 0 spiro atoms. The molecule has 0 unspecified atom stereocenters. The monoisotopic (exact) mass is 402 g/mol. The largest absolute Gasteiger partial charge is 0.444 e. The lowest BCUT2D eigenvalue weighted by molar-refractivity contribution is -0.140. The van der Waals surface area contributed by atoms with Crippen molar-refractivity contribution in [1.29, 1.82) is 0 Å². The van der Waals surface area contributed by atoms with Gasteiger partial charge in [-0.25, -0.2) is 9.18 Å². The van der Waals surface area contributed by atoms with Crippen molar-refractivity contribution >= 4 is 6.09 Å². The highest BCUT2D eigenvalue weighted by molar-refractivity contribution is 5.69. The summed E-state index contributed by atoms with van der Waals surface area (Å²) in [6.45, 7) is 6.47. The number of amides is 1. The van der Waals surface area contributed by atoms with E-state index in [0.29, 0.717) is 31.5 Å². The van der Waals surface area contributed by atoms with Crippen molar-refractivity contribution in [3.8, 4) is 0 Å². The van der Waals surface area contributed by atoms with Gasteiger partial charge in [0.25, 0.3) is 0 Å². The van der Waals surface area contributed by atoms with E-state index in [4.69, 9.17) is 4.74 Å². The summed E-state index contributed by atoms with van der Waals surface area (Å²) in [5.74, 6) is -1.26. The van der Waals surface area contributed by atoms with Crippen LogP contribution in [-0.2, 0) is 16.5 Å². The molecule has 2 aliphatic rings. The van der Waals surface area contributed by atoms with E-state index < -0.39 is 28.7 Å². The molecular formula is C20H26F4N2O2. The summed E-state index contributed by atoms with van der Waals surface area (Å²) < 4.78 is 58.1. The first-order chi connectivity index (χ1) is 12.9. The van der Waals surface area contributed by atoms with Gasteiger partial charge in [0.15, 0.2) is 0 Å². The summed E-state index contributed by atoms with van der Waals surface area (Å²) in [7, 11) is 0. The van der Waals surface area contributed by atoms with E-state index in [0.717, 1.165) is 25.0 Å². The Bertz CT molecular complexity index is 739. The number of likely N-dealkylation sites (tertiary alicyclic amines) is 1. The second-order valence-corrected chi connectivity index (χ2v) is 8.63. The van der Waals surface area contributed by atoms with E-state index in [1.165, 1.54) is 6.07 Å². The summed E-state index contributed by atoms with van der Waals surface area (Å²) in [4.78, 5) is 14.1. The first kappa shape index (κ1) is 20.9. The SMILES string of the molecule is CC(C)(C)OC(=O)N1CCC[C@@H]1CNC1(c2ccc(F)c(C(F)(F)F)c2)CC1. The van der Waals surface area contributed by atoms with Crippen LogP contribution >= 0.6 is 0 Å². The van der Waals surface area contributed by atoms with Gasteiger partial charge in [-0.3, -0.25) is 0 Å². The number of nitrogens with one attached hydrogen (secondary N) is 1. The Morgan fingerprint density at radius 3 is 2.54 bits per heavy atom. The van der Waals surface area contributed by atoms with Gasteiger partial charge in [0.2, 0.25) is 0 Å². The number of hydrogen-bond acceptors (Lipinski definition) is 3. The highest BCUT2D eigenvalue weighted by atomic mass is 19.4. The lowest BCUT2D eigenvalue weighted by Crippen LogP contribution is -2.46. The van der Waals surface area contributed by atoms with Gasteiger partial charge in [0, 0.05) is 24.7 Å². The molecule has 1 N–H and O–H groups in total. The smallest absolute Gasteiger partial charge is 0.419 e. The van der Waals surface area contributed by atoms with Crippen molar-refractivity contribution in [2.24, 2.45) is 0 Å². The standard InChI is InChI=1S/C20H26F4N2O2/c1-18(2,3)28-17(27)26-10-4-5-14(26)12-25-19(8-9-19)13-6-7-16(21)15(11-13)20(22,23)24/h6-7,11,14,25H,4-5,8-10,12H2,1-3H3/t14-/m1/s1. The minimum Gasteiger partial charge on any atom is -0.444 e. The molecule has 1 atom stereocenters. The third-order valence-corrected chi connectivity index (χ3v) is 5.26. The van der Waals surface area contributed by atoms with E-state index in [9.17, 15) is 22.4 Å². The first-order valence-corrected chi connectivity index (χ1v) is 9.53. The number of carbonyl (C=O) groups is 1. The molecule has 1 aliphatic carbocycles. The summed E-state index contributed by atoms with van der Waals surface area (Å²) in [5, 5.41) is 3.33. The predicted molar refractivity (Wildman–Crippen MR) is 96.3 cm³/mol. The van der Waals surface area contributed by atoms with Crippen LogP contribution in [0.3, 0.4) is 0 Å². The molecule has 1 aromatic carbocycles. The Balaban J connectivity index is 1.68. The number of hydrogen-bond donors (Lipinski definition) is 1. The fourth-order valence-electron chi connectivity index (χ4n) is 3.65. The average Bonchev–Trinajstić information content (AvgIpc) is 3.19. The molecule has 0 radical (unpaired) electrons. The molecule has 28 heavy (non-hydrogen) atoms. The van der Waals surface area contributed by atoms with Crippen LogP contribution in [-0.4, -0.2) is 35.7 Å². The molecule has 1 saturated heterocycles. The Morgan fingerprint density at radius 2 is 1.96 bits per heavy atom.